The number of fused-ring (bicyclic) bond motifs is 3. The Kier molecular flexibility index (Phi) is 8.02. The summed E-state index contributed by atoms with van der Waals surface area (Å²) in [7, 11) is 0. The van der Waals surface area contributed by atoms with E-state index in [-0.39, 0.29) is 23.7 Å². The maximum Gasteiger partial charge on any atom is 0.0433 e. The summed E-state index contributed by atoms with van der Waals surface area (Å²) in [6, 6.07) is 86.3. The minimum atomic E-state index is 0.223. The van der Waals surface area contributed by atoms with Gasteiger partial charge in [0, 0.05) is 44.2 Å². The largest absolute Gasteiger partial charge is 0.135 e. The molecule has 11 aromatic carbocycles. The van der Waals surface area contributed by atoms with Crippen LogP contribution in [0.3, 0.4) is 0 Å². The molecule has 0 fully saturated rings. The number of aryl methyl sites for hydroxylation is 1. The van der Waals surface area contributed by atoms with Crippen molar-refractivity contribution >= 4 is 43.0 Å². The Hall–Kier alpha value is -8.10. The first-order chi connectivity index (χ1) is 34.7. The van der Waals surface area contributed by atoms with E-state index in [0.29, 0.717) is 0 Å². The van der Waals surface area contributed by atoms with Gasteiger partial charge in [-0.2, -0.15) is 0 Å². The highest BCUT2D eigenvalue weighted by molar-refractivity contribution is 7.23. The summed E-state index contributed by atoms with van der Waals surface area (Å²) >= 11 is 1.94. The molecule has 0 nitrogen and oxygen atoms in total. The molecule has 0 radical (unpaired) electrons. The van der Waals surface area contributed by atoms with Crippen molar-refractivity contribution in [3.8, 4) is 43.8 Å². The predicted octanol–water partition coefficient (Wildman–Crippen LogP) is 18.2. The molecule has 0 aliphatic heterocycles. The molecule has 0 saturated carbocycles. The molecule has 4 bridgehead atoms. The van der Waals surface area contributed by atoms with E-state index in [1.54, 1.807) is 0 Å². The van der Waals surface area contributed by atoms with Gasteiger partial charge in [-0.15, -0.1) is 11.3 Å². The van der Waals surface area contributed by atoms with E-state index in [9.17, 15) is 0 Å². The molecule has 6 aliphatic carbocycles. The van der Waals surface area contributed by atoms with Crippen LogP contribution in [0.15, 0.2) is 224 Å². The molecule has 0 unspecified atom stereocenters. The maximum atomic E-state index is 2.55. The lowest BCUT2D eigenvalue weighted by molar-refractivity contribution is 0.755. The Bertz CT molecular complexity index is 4070. The van der Waals surface area contributed by atoms with Gasteiger partial charge in [0.25, 0.3) is 0 Å². The summed E-state index contributed by atoms with van der Waals surface area (Å²) < 4.78 is 1.31. The van der Waals surface area contributed by atoms with E-state index in [1.807, 2.05) is 11.3 Å². The van der Waals surface area contributed by atoms with Gasteiger partial charge in [-0.3, -0.25) is 0 Å². The molecule has 1 aromatic heterocycles. The molecule has 0 spiro atoms. The van der Waals surface area contributed by atoms with Gasteiger partial charge in [-0.1, -0.05) is 212 Å². The minimum absolute atomic E-state index is 0.223. The van der Waals surface area contributed by atoms with Crippen molar-refractivity contribution in [1.82, 2.24) is 0 Å². The molecular weight excluding hydrogens is 861 g/mol. The maximum absolute atomic E-state index is 2.55. The number of rotatable bonds is 4. The van der Waals surface area contributed by atoms with Gasteiger partial charge < -0.3 is 0 Å². The van der Waals surface area contributed by atoms with Crippen LogP contribution in [0.25, 0.3) is 75.5 Å². The van der Waals surface area contributed by atoms with Gasteiger partial charge >= 0.3 is 0 Å². The second-order valence-electron chi connectivity index (χ2n) is 20.2. The van der Waals surface area contributed by atoms with E-state index < -0.39 is 0 Å². The Labute approximate surface area is 411 Å². The Morgan fingerprint density at radius 2 is 0.571 bits per heavy atom. The Morgan fingerprint density at radius 3 is 0.986 bits per heavy atom. The monoisotopic (exact) mass is 904 g/mol. The lowest BCUT2D eigenvalue weighted by atomic mass is 9.61. The van der Waals surface area contributed by atoms with Gasteiger partial charge in [-0.25, -0.2) is 0 Å². The fourth-order valence-corrected chi connectivity index (χ4v) is 15.1. The summed E-state index contributed by atoms with van der Waals surface area (Å²) in [5.74, 6) is 0.962. The number of benzene rings is 11. The van der Waals surface area contributed by atoms with Crippen LogP contribution in [-0.4, -0.2) is 0 Å². The van der Waals surface area contributed by atoms with Gasteiger partial charge in [-0.05, 0) is 147 Å². The fraction of sp³-hybridized carbons (Fsp3) is 0.0725. The van der Waals surface area contributed by atoms with Crippen LogP contribution in [0.1, 0.15) is 96.0 Å². The Morgan fingerprint density at radius 1 is 0.257 bits per heavy atom. The van der Waals surface area contributed by atoms with E-state index in [1.165, 1.54) is 148 Å². The first-order valence-corrected chi connectivity index (χ1v) is 25.7. The summed E-state index contributed by atoms with van der Waals surface area (Å²) in [6.45, 7) is 2.18. The quantitative estimate of drug-likeness (QED) is 0.154. The van der Waals surface area contributed by atoms with Crippen LogP contribution >= 0.6 is 11.3 Å². The molecule has 70 heavy (non-hydrogen) atoms. The summed E-state index contributed by atoms with van der Waals surface area (Å²) in [5.41, 5.74) is 27.7. The number of hydrogen-bond donors (Lipinski definition) is 0. The van der Waals surface area contributed by atoms with Gasteiger partial charge in [0.1, 0.15) is 0 Å². The molecule has 1 heteroatoms. The molecular formula is C69H44S. The van der Waals surface area contributed by atoms with Gasteiger partial charge in [0.2, 0.25) is 0 Å². The van der Waals surface area contributed by atoms with E-state index >= 15 is 0 Å². The molecule has 12 aromatic rings. The van der Waals surface area contributed by atoms with Gasteiger partial charge in [0.05, 0.1) is 0 Å². The lowest BCUT2D eigenvalue weighted by Gasteiger charge is -2.42. The van der Waals surface area contributed by atoms with E-state index in [0.717, 1.165) is 0 Å². The fourth-order valence-electron chi connectivity index (χ4n) is 13.8. The zero-order valence-corrected chi connectivity index (χ0v) is 39.4. The summed E-state index contributed by atoms with van der Waals surface area (Å²) in [5, 5.41) is 6.45. The number of hydrogen-bond acceptors (Lipinski definition) is 1. The van der Waals surface area contributed by atoms with Crippen molar-refractivity contribution in [3.63, 3.8) is 0 Å². The van der Waals surface area contributed by atoms with Crippen molar-refractivity contribution in [2.75, 3.05) is 0 Å². The lowest BCUT2D eigenvalue weighted by Crippen LogP contribution is -2.27. The van der Waals surface area contributed by atoms with Crippen LogP contribution in [0.5, 0.6) is 0 Å². The molecule has 0 atom stereocenters. The van der Waals surface area contributed by atoms with Crippen molar-refractivity contribution in [2.24, 2.45) is 0 Å². The van der Waals surface area contributed by atoms with Crippen molar-refractivity contribution in [3.05, 3.63) is 297 Å². The van der Waals surface area contributed by atoms with Crippen molar-refractivity contribution < 1.29 is 0 Å². The topological polar surface area (TPSA) is 0 Å². The second-order valence-corrected chi connectivity index (χ2v) is 21.2. The zero-order valence-electron chi connectivity index (χ0n) is 38.6. The van der Waals surface area contributed by atoms with Crippen LogP contribution in [0.2, 0.25) is 0 Å². The predicted molar refractivity (Wildman–Crippen MR) is 293 cm³/mol. The van der Waals surface area contributed by atoms with E-state index in [2.05, 4.69) is 231 Å². The summed E-state index contributed by atoms with van der Waals surface area (Å²) in [4.78, 5) is 1.32. The molecule has 326 valence electrons. The van der Waals surface area contributed by atoms with Gasteiger partial charge in [0.15, 0.2) is 0 Å². The minimum Gasteiger partial charge on any atom is -0.135 e. The summed E-state index contributed by atoms with van der Waals surface area (Å²) in [6.07, 6.45) is 0. The number of thiophene rings is 1. The molecule has 18 rings (SSSR count). The van der Waals surface area contributed by atoms with Crippen LogP contribution in [0, 0.1) is 6.92 Å². The average molecular weight is 905 g/mol. The van der Waals surface area contributed by atoms with Crippen LogP contribution in [0.4, 0.5) is 0 Å². The standard InChI is InChI=1S/C69H44S/c1-39-26-28-40(29-27-39)69-64(42-31-34-57-60(37-42)68-54-24-12-8-20-50(54)66(57)51-21-9-13-25-55(51)68)58-35-32-43(38-61(58)70-69)63-46-16-4-2-14-44(46)62(45-15-3-5-17-47(45)63)41-30-33-56-59(36-41)67-52-22-10-6-18-48(52)65(56)49-19-7-11-23-53(49)67/h2-38,65-68H,1H3. The first kappa shape index (κ1) is 38.8. The normalized spacial score (nSPS) is 17.5. The third-order valence-corrected chi connectivity index (χ3v) is 17.9. The first-order valence-electron chi connectivity index (χ1n) is 24.9. The molecule has 0 N–H and O–H groups in total. The molecule has 1 heterocycles. The Balaban J connectivity index is 0.877. The SMILES string of the molecule is Cc1ccc(-c2sc3cc(-c4c5ccccc5c(-c5ccc6c(c5)C5c7ccccc7C6c6ccccc65)c5ccccc45)ccc3c2-c2ccc3c(c2)C2c4ccccc4C3c3ccccc32)cc1. The zero-order chi connectivity index (χ0) is 45.8. The molecule has 0 amide bonds. The van der Waals surface area contributed by atoms with Crippen molar-refractivity contribution in [1.29, 1.82) is 0 Å². The van der Waals surface area contributed by atoms with Crippen LogP contribution < -0.4 is 0 Å². The smallest absolute Gasteiger partial charge is 0.0433 e. The average Bonchev–Trinajstić information content (AvgIpc) is 3.81. The third-order valence-electron chi connectivity index (χ3n) is 16.7. The highest BCUT2D eigenvalue weighted by atomic mass is 32.1. The van der Waals surface area contributed by atoms with Crippen molar-refractivity contribution in [2.45, 2.75) is 30.6 Å². The highest BCUT2D eigenvalue weighted by Gasteiger charge is 2.43. The third kappa shape index (κ3) is 5.25. The van der Waals surface area contributed by atoms with E-state index in [4.69, 9.17) is 0 Å². The second kappa shape index (κ2) is 14.5. The molecule has 0 saturated heterocycles. The highest BCUT2D eigenvalue weighted by Crippen LogP contribution is 2.59. The molecule has 6 aliphatic rings. The van der Waals surface area contributed by atoms with Crippen LogP contribution in [-0.2, 0) is 0 Å².